The molecular formula is C12H19NO5. The molecule has 0 saturated heterocycles. The van der Waals surface area contributed by atoms with E-state index in [0.29, 0.717) is 0 Å². The van der Waals surface area contributed by atoms with Gasteiger partial charge in [-0.3, -0.25) is 9.59 Å². The summed E-state index contributed by atoms with van der Waals surface area (Å²) in [4.78, 5) is 33.7. The maximum atomic E-state index is 11.2. The number of hydrogen-bond acceptors (Lipinski definition) is 5. The molecule has 0 heterocycles. The first kappa shape index (κ1) is 14.5. The summed E-state index contributed by atoms with van der Waals surface area (Å²) in [5, 5.41) is 2.26. The van der Waals surface area contributed by atoms with Crippen molar-refractivity contribution in [1.29, 1.82) is 0 Å². The first-order valence-corrected chi connectivity index (χ1v) is 5.93. The first-order chi connectivity index (χ1) is 8.28. The Balaban J connectivity index is 2.12. The molecule has 1 saturated carbocycles. The molecule has 0 aromatic heterocycles. The Morgan fingerprint density at radius 1 is 1.22 bits per heavy atom. The van der Waals surface area contributed by atoms with Gasteiger partial charge in [0.1, 0.15) is 18.8 Å². The Labute approximate surface area is 106 Å². The largest absolute Gasteiger partial charge is 0.456 e. The van der Waals surface area contributed by atoms with Gasteiger partial charge in [0.15, 0.2) is 5.78 Å². The molecule has 0 unspecified atom stereocenters. The van der Waals surface area contributed by atoms with Crippen molar-refractivity contribution >= 4 is 17.8 Å². The van der Waals surface area contributed by atoms with Crippen LogP contribution in [0.1, 0.15) is 33.6 Å². The van der Waals surface area contributed by atoms with Crippen LogP contribution in [0, 0.1) is 5.92 Å². The van der Waals surface area contributed by atoms with Crippen LogP contribution in [0.25, 0.3) is 0 Å². The van der Waals surface area contributed by atoms with Gasteiger partial charge in [-0.1, -0.05) is 0 Å². The highest BCUT2D eigenvalue weighted by atomic mass is 16.6. The van der Waals surface area contributed by atoms with Crippen LogP contribution in [-0.4, -0.2) is 36.6 Å². The molecule has 6 heteroatoms. The first-order valence-electron chi connectivity index (χ1n) is 5.93. The van der Waals surface area contributed by atoms with E-state index in [9.17, 15) is 14.4 Å². The van der Waals surface area contributed by atoms with Gasteiger partial charge >= 0.3 is 12.1 Å². The topological polar surface area (TPSA) is 81.7 Å². The second kappa shape index (κ2) is 5.84. The summed E-state index contributed by atoms with van der Waals surface area (Å²) in [7, 11) is 0. The van der Waals surface area contributed by atoms with Gasteiger partial charge in [0.2, 0.25) is 0 Å². The molecule has 1 rings (SSSR count). The van der Waals surface area contributed by atoms with Gasteiger partial charge in [-0.25, -0.2) is 4.79 Å². The second-order valence-corrected chi connectivity index (χ2v) is 5.26. The predicted molar refractivity (Wildman–Crippen MR) is 62.9 cm³/mol. The quantitative estimate of drug-likeness (QED) is 0.744. The highest BCUT2D eigenvalue weighted by Gasteiger charge is 2.30. The lowest BCUT2D eigenvalue weighted by Gasteiger charge is -2.19. The molecule has 1 aliphatic rings. The van der Waals surface area contributed by atoms with E-state index < -0.39 is 17.7 Å². The highest BCUT2D eigenvalue weighted by molar-refractivity contribution is 5.86. The molecule has 0 atom stereocenters. The zero-order valence-corrected chi connectivity index (χ0v) is 10.9. The fourth-order valence-corrected chi connectivity index (χ4v) is 1.18. The Morgan fingerprint density at radius 2 is 1.83 bits per heavy atom. The molecule has 1 aliphatic carbocycles. The number of esters is 1. The number of alkyl carbamates (subject to hydrolysis) is 1. The molecule has 102 valence electrons. The van der Waals surface area contributed by atoms with Gasteiger partial charge in [0.05, 0.1) is 0 Å². The molecule has 1 amide bonds. The van der Waals surface area contributed by atoms with Crippen LogP contribution in [0.2, 0.25) is 0 Å². The normalized spacial score (nSPS) is 14.8. The minimum atomic E-state index is -0.687. The molecule has 0 aromatic rings. The fraction of sp³-hybridized carbons (Fsp3) is 0.750. The van der Waals surface area contributed by atoms with Gasteiger partial charge < -0.3 is 14.8 Å². The molecular weight excluding hydrogens is 238 g/mol. The van der Waals surface area contributed by atoms with Crippen LogP contribution in [-0.2, 0) is 19.1 Å². The number of hydrogen-bond donors (Lipinski definition) is 1. The average Bonchev–Trinajstić information content (AvgIpc) is 3.04. The molecule has 0 bridgehead atoms. The molecule has 18 heavy (non-hydrogen) atoms. The number of carbonyl (C=O) groups excluding carboxylic acids is 3. The third-order valence-corrected chi connectivity index (χ3v) is 2.18. The molecule has 0 radical (unpaired) electrons. The van der Waals surface area contributed by atoms with Crippen molar-refractivity contribution in [3.8, 4) is 0 Å². The number of carbonyl (C=O) groups is 3. The standard InChI is InChI=1S/C12H19NO5/c1-12(2,3)18-11(16)13-6-10(15)17-7-9(14)8-4-5-8/h8H,4-7H2,1-3H3,(H,13,16). The fourth-order valence-electron chi connectivity index (χ4n) is 1.18. The SMILES string of the molecule is CC(C)(C)OC(=O)NCC(=O)OCC(=O)C1CC1. The van der Waals surface area contributed by atoms with Crippen LogP contribution < -0.4 is 5.32 Å². The van der Waals surface area contributed by atoms with E-state index in [4.69, 9.17) is 9.47 Å². The van der Waals surface area contributed by atoms with Crippen molar-refractivity contribution in [2.24, 2.45) is 5.92 Å². The van der Waals surface area contributed by atoms with Crippen LogP contribution in [0.5, 0.6) is 0 Å². The monoisotopic (exact) mass is 257 g/mol. The lowest BCUT2D eigenvalue weighted by atomic mass is 10.2. The van der Waals surface area contributed by atoms with Crippen molar-refractivity contribution in [2.75, 3.05) is 13.2 Å². The van der Waals surface area contributed by atoms with Gasteiger partial charge in [0, 0.05) is 5.92 Å². The van der Waals surface area contributed by atoms with Crippen molar-refractivity contribution in [1.82, 2.24) is 5.32 Å². The third-order valence-electron chi connectivity index (χ3n) is 2.18. The molecule has 0 aliphatic heterocycles. The van der Waals surface area contributed by atoms with Crippen LogP contribution in [0.3, 0.4) is 0 Å². The van der Waals surface area contributed by atoms with Crippen molar-refractivity contribution < 1.29 is 23.9 Å². The summed E-state index contributed by atoms with van der Waals surface area (Å²) in [5.41, 5.74) is -0.615. The maximum Gasteiger partial charge on any atom is 0.408 e. The minimum absolute atomic E-state index is 0.0550. The molecule has 0 aromatic carbocycles. The summed E-state index contributed by atoms with van der Waals surface area (Å²) >= 11 is 0. The minimum Gasteiger partial charge on any atom is -0.456 e. The van der Waals surface area contributed by atoms with Crippen molar-refractivity contribution in [3.63, 3.8) is 0 Å². The van der Waals surface area contributed by atoms with E-state index in [2.05, 4.69) is 5.32 Å². The van der Waals surface area contributed by atoms with E-state index >= 15 is 0 Å². The molecule has 0 spiro atoms. The summed E-state index contributed by atoms with van der Waals surface area (Å²) in [5.74, 6) is -0.632. The van der Waals surface area contributed by atoms with Crippen LogP contribution in [0.15, 0.2) is 0 Å². The zero-order chi connectivity index (χ0) is 13.8. The van der Waals surface area contributed by atoms with E-state index in [1.54, 1.807) is 20.8 Å². The Kier molecular flexibility index (Phi) is 4.69. The molecule has 6 nitrogen and oxygen atoms in total. The van der Waals surface area contributed by atoms with Gasteiger partial charge in [-0.15, -0.1) is 0 Å². The van der Waals surface area contributed by atoms with Gasteiger partial charge in [0.25, 0.3) is 0 Å². The Hall–Kier alpha value is -1.59. The van der Waals surface area contributed by atoms with Crippen LogP contribution in [0.4, 0.5) is 4.79 Å². The maximum absolute atomic E-state index is 11.2. The van der Waals surface area contributed by atoms with Crippen LogP contribution >= 0.6 is 0 Å². The Morgan fingerprint density at radius 3 is 2.33 bits per heavy atom. The summed E-state index contributed by atoms with van der Waals surface area (Å²) in [6, 6.07) is 0. The number of ether oxygens (including phenoxy) is 2. The molecule has 1 N–H and O–H groups in total. The summed E-state index contributed by atoms with van der Waals surface area (Å²) in [6.45, 7) is 4.66. The van der Waals surface area contributed by atoms with Crippen molar-refractivity contribution in [2.45, 2.75) is 39.2 Å². The van der Waals surface area contributed by atoms with E-state index in [1.807, 2.05) is 0 Å². The number of ketones is 1. The van der Waals surface area contributed by atoms with E-state index in [1.165, 1.54) is 0 Å². The van der Waals surface area contributed by atoms with Crippen molar-refractivity contribution in [3.05, 3.63) is 0 Å². The number of nitrogens with one attached hydrogen (secondary N) is 1. The zero-order valence-electron chi connectivity index (χ0n) is 10.9. The number of Topliss-reactive ketones (excluding diaryl/α,β-unsaturated/α-hetero) is 1. The van der Waals surface area contributed by atoms with E-state index in [-0.39, 0.29) is 24.9 Å². The van der Waals surface area contributed by atoms with Gasteiger partial charge in [-0.05, 0) is 33.6 Å². The average molecular weight is 257 g/mol. The number of amides is 1. The third kappa shape index (κ3) is 6.22. The predicted octanol–water partition coefficient (Wildman–Crippen LogP) is 1.03. The number of rotatable bonds is 5. The van der Waals surface area contributed by atoms with Gasteiger partial charge in [-0.2, -0.15) is 0 Å². The smallest absolute Gasteiger partial charge is 0.408 e. The van der Waals surface area contributed by atoms with E-state index in [0.717, 1.165) is 12.8 Å². The summed E-state index contributed by atoms with van der Waals surface area (Å²) < 4.78 is 9.66. The second-order valence-electron chi connectivity index (χ2n) is 5.26. The summed E-state index contributed by atoms with van der Waals surface area (Å²) in [6.07, 6.45) is 1.08. The lowest BCUT2D eigenvalue weighted by molar-refractivity contribution is -0.147. The highest BCUT2D eigenvalue weighted by Crippen LogP contribution is 2.29. The lowest BCUT2D eigenvalue weighted by Crippen LogP contribution is -2.36. The molecule has 1 fully saturated rings. The Bertz CT molecular complexity index is 341.